The zero-order valence-corrected chi connectivity index (χ0v) is 8.72. The van der Waals surface area contributed by atoms with Crippen LogP contribution in [0.4, 0.5) is 0 Å². The Labute approximate surface area is 86.3 Å². The maximum absolute atomic E-state index is 11.5. The van der Waals surface area contributed by atoms with Gasteiger partial charge in [0.1, 0.15) is 5.69 Å². The predicted octanol–water partition coefficient (Wildman–Crippen LogP) is 0.988. The number of nitrogens with zero attached hydrogens (tertiary/aromatic N) is 2. The number of H-pyrrole nitrogens is 1. The molecule has 3 saturated heterocycles. The fraction of sp³-hybridized carbons (Fsp3) is 0.778. The Kier molecular flexibility index (Phi) is 1.95. The maximum atomic E-state index is 11.5. The van der Waals surface area contributed by atoms with Gasteiger partial charge < -0.3 is 0 Å². The standard InChI is InChI=1S/C9H13N3OS/c13-9-8(10-14-11-9)7-5-6-1-3-12(7)4-2-6/h6-7H,1-5H2,(H,11,13). The van der Waals surface area contributed by atoms with E-state index >= 15 is 0 Å². The lowest BCUT2D eigenvalue weighted by Gasteiger charge is -2.44. The second kappa shape index (κ2) is 3.17. The number of aromatic amines is 1. The van der Waals surface area contributed by atoms with Crippen molar-refractivity contribution in [2.45, 2.75) is 25.3 Å². The Bertz CT molecular complexity index is 377. The summed E-state index contributed by atoms with van der Waals surface area (Å²) in [5.41, 5.74) is 0.770. The van der Waals surface area contributed by atoms with Gasteiger partial charge in [0.05, 0.1) is 6.04 Å². The number of rotatable bonds is 1. The predicted molar refractivity (Wildman–Crippen MR) is 54.4 cm³/mol. The molecule has 1 aromatic heterocycles. The van der Waals surface area contributed by atoms with Gasteiger partial charge in [0.2, 0.25) is 0 Å². The van der Waals surface area contributed by atoms with E-state index in [1.807, 2.05) is 0 Å². The summed E-state index contributed by atoms with van der Waals surface area (Å²) in [5.74, 6) is 0.825. The van der Waals surface area contributed by atoms with Crippen LogP contribution < -0.4 is 5.56 Å². The fourth-order valence-corrected chi connectivity index (χ4v) is 3.21. The second-order valence-corrected chi connectivity index (χ2v) is 4.80. The molecule has 0 aliphatic carbocycles. The zero-order chi connectivity index (χ0) is 9.54. The van der Waals surface area contributed by atoms with E-state index in [0.717, 1.165) is 31.1 Å². The van der Waals surface area contributed by atoms with Crippen LogP contribution in [-0.2, 0) is 0 Å². The van der Waals surface area contributed by atoms with Crippen LogP contribution in [0.5, 0.6) is 0 Å². The van der Waals surface area contributed by atoms with Gasteiger partial charge in [-0.3, -0.25) is 14.1 Å². The number of fused-ring (bicyclic) bond motifs is 3. The molecule has 0 saturated carbocycles. The highest BCUT2D eigenvalue weighted by molar-refractivity contribution is 6.99. The van der Waals surface area contributed by atoms with Crippen molar-refractivity contribution in [3.05, 3.63) is 16.0 Å². The molecule has 1 N–H and O–H groups in total. The SMILES string of the molecule is O=c1[nH]snc1C1CC2CCN1CC2. The first-order chi connectivity index (χ1) is 6.84. The van der Waals surface area contributed by atoms with Gasteiger partial charge in [-0.2, -0.15) is 4.37 Å². The van der Waals surface area contributed by atoms with E-state index < -0.39 is 0 Å². The summed E-state index contributed by atoms with van der Waals surface area (Å²) in [7, 11) is 0. The Morgan fingerprint density at radius 2 is 2.21 bits per heavy atom. The molecule has 0 spiro atoms. The van der Waals surface area contributed by atoms with Crippen LogP contribution in [0.2, 0.25) is 0 Å². The lowest BCUT2D eigenvalue weighted by Crippen LogP contribution is -2.45. The van der Waals surface area contributed by atoms with Crippen molar-refractivity contribution in [3.63, 3.8) is 0 Å². The summed E-state index contributed by atoms with van der Waals surface area (Å²) in [6.07, 6.45) is 3.74. The number of piperidine rings is 3. The molecule has 0 amide bonds. The van der Waals surface area contributed by atoms with Crippen molar-refractivity contribution in [2.24, 2.45) is 5.92 Å². The molecular formula is C9H13N3OS. The molecule has 1 aromatic rings. The fourth-order valence-electron chi connectivity index (χ4n) is 2.67. The van der Waals surface area contributed by atoms with Crippen molar-refractivity contribution in [3.8, 4) is 0 Å². The van der Waals surface area contributed by atoms with E-state index in [0.29, 0.717) is 6.04 Å². The number of aromatic nitrogens is 2. The van der Waals surface area contributed by atoms with E-state index in [1.165, 1.54) is 24.6 Å². The van der Waals surface area contributed by atoms with Gasteiger partial charge in [0.15, 0.2) is 0 Å². The molecule has 3 aliphatic rings. The minimum absolute atomic E-state index is 0.0209. The van der Waals surface area contributed by atoms with Crippen molar-refractivity contribution in [1.82, 2.24) is 13.6 Å². The summed E-state index contributed by atoms with van der Waals surface area (Å²) >= 11 is 1.17. The first-order valence-electron chi connectivity index (χ1n) is 5.13. The van der Waals surface area contributed by atoms with Crippen molar-refractivity contribution in [1.29, 1.82) is 0 Å². The molecule has 14 heavy (non-hydrogen) atoms. The summed E-state index contributed by atoms with van der Waals surface area (Å²) in [6, 6.07) is 0.303. The van der Waals surface area contributed by atoms with Crippen molar-refractivity contribution >= 4 is 11.7 Å². The van der Waals surface area contributed by atoms with E-state index in [1.54, 1.807) is 0 Å². The molecule has 3 fully saturated rings. The molecule has 3 aliphatic heterocycles. The van der Waals surface area contributed by atoms with Gasteiger partial charge in [-0.1, -0.05) is 0 Å². The highest BCUT2D eigenvalue weighted by atomic mass is 32.1. The molecule has 76 valence electrons. The number of hydrogen-bond donors (Lipinski definition) is 1. The number of nitrogens with one attached hydrogen (secondary N) is 1. The highest BCUT2D eigenvalue weighted by Crippen LogP contribution is 2.38. The molecule has 1 atom stereocenters. The minimum atomic E-state index is 0.0209. The van der Waals surface area contributed by atoms with Gasteiger partial charge in [0, 0.05) is 11.7 Å². The smallest absolute Gasteiger partial charge is 0.282 e. The third kappa shape index (κ3) is 1.23. The third-order valence-corrected chi connectivity index (χ3v) is 4.04. The van der Waals surface area contributed by atoms with Crippen molar-refractivity contribution in [2.75, 3.05) is 13.1 Å². The van der Waals surface area contributed by atoms with Crippen LogP contribution in [0.1, 0.15) is 31.0 Å². The summed E-state index contributed by atoms with van der Waals surface area (Å²) in [5, 5.41) is 0. The van der Waals surface area contributed by atoms with Gasteiger partial charge in [-0.05, 0) is 38.3 Å². The zero-order valence-electron chi connectivity index (χ0n) is 7.90. The topological polar surface area (TPSA) is 49.0 Å². The van der Waals surface area contributed by atoms with Gasteiger partial charge >= 0.3 is 0 Å². The quantitative estimate of drug-likeness (QED) is 0.753. The maximum Gasteiger partial charge on any atom is 0.282 e. The van der Waals surface area contributed by atoms with Crippen LogP contribution in [0.25, 0.3) is 0 Å². The lowest BCUT2D eigenvalue weighted by molar-refractivity contribution is 0.0467. The van der Waals surface area contributed by atoms with Crippen LogP contribution in [0, 0.1) is 5.92 Å². The Hall–Kier alpha value is -0.680. The molecule has 0 radical (unpaired) electrons. The molecule has 5 heteroatoms. The van der Waals surface area contributed by atoms with E-state index in [-0.39, 0.29) is 5.56 Å². The molecule has 4 rings (SSSR count). The molecular weight excluding hydrogens is 198 g/mol. The molecule has 4 nitrogen and oxygen atoms in total. The third-order valence-electron chi connectivity index (χ3n) is 3.48. The Balaban J connectivity index is 1.93. The highest BCUT2D eigenvalue weighted by Gasteiger charge is 2.36. The summed E-state index contributed by atoms with van der Waals surface area (Å²) in [4.78, 5) is 13.9. The van der Waals surface area contributed by atoms with Crippen LogP contribution in [-0.4, -0.2) is 26.7 Å². The Morgan fingerprint density at radius 1 is 1.43 bits per heavy atom. The van der Waals surface area contributed by atoms with Crippen LogP contribution in [0.15, 0.2) is 4.79 Å². The second-order valence-electron chi connectivity index (χ2n) is 4.23. The first-order valence-corrected chi connectivity index (χ1v) is 5.90. The van der Waals surface area contributed by atoms with Gasteiger partial charge in [-0.15, -0.1) is 0 Å². The van der Waals surface area contributed by atoms with Crippen LogP contribution >= 0.6 is 11.7 Å². The van der Waals surface area contributed by atoms with E-state index in [9.17, 15) is 4.79 Å². The van der Waals surface area contributed by atoms with Crippen LogP contribution in [0.3, 0.4) is 0 Å². The average Bonchev–Trinajstić information content (AvgIpc) is 2.66. The molecule has 0 aromatic carbocycles. The molecule has 1 unspecified atom stereocenters. The lowest BCUT2D eigenvalue weighted by atomic mass is 9.82. The monoisotopic (exact) mass is 211 g/mol. The van der Waals surface area contributed by atoms with Gasteiger partial charge in [-0.25, -0.2) is 0 Å². The molecule has 2 bridgehead atoms. The van der Waals surface area contributed by atoms with Crippen molar-refractivity contribution < 1.29 is 0 Å². The molecule has 4 heterocycles. The Morgan fingerprint density at radius 3 is 2.71 bits per heavy atom. The first kappa shape index (κ1) is 8.61. The van der Waals surface area contributed by atoms with E-state index in [4.69, 9.17) is 0 Å². The number of hydrogen-bond acceptors (Lipinski definition) is 4. The largest absolute Gasteiger partial charge is 0.295 e. The van der Waals surface area contributed by atoms with Gasteiger partial charge in [0.25, 0.3) is 5.56 Å². The minimum Gasteiger partial charge on any atom is -0.295 e. The average molecular weight is 211 g/mol. The van der Waals surface area contributed by atoms with E-state index in [2.05, 4.69) is 13.6 Å². The summed E-state index contributed by atoms with van der Waals surface area (Å²) < 4.78 is 6.86. The normalized spacial score (nSPS) is 36.1. The summed E-state index contributed by atoms with van der Waals surface area (Å²) in [6.45, 7) is 2.29.